The van der Waals surface area contributed by atoms with Crippen molar-refractivity contribution in [1.82, 2.24) is 4.90 Å². The average molecular weight is 265 g/mol. The summed E-state index contributed by atoms with van der Waals surface area (Å²) in [5, 5.41) is 9.57. The molecular formula is C16H27NO2. The van der Waals surface area contributed by atoms with Crippen molar-refractivity contribution in [3.63, 3.8) is 0 Å². The summed E-state index contributed by atoms with van der Waals surface area (Å²) in [6.07, 6.45) is 13.5. The van der Waals surface area contributed by atoms with E-state index in [9.17, 15) is 9.90 Å². The van der Waals surface area contributed by atoms with Crippen molar-refractivity contribution in [2.24, 2.45) is 5.41 Å². The van der Waals surface area contributed by atoms with E-state index in [1.807, 2.05) is 0 Å². The lowest BCUT2D eigenvalue weighted by molar-refractivity contribution is -0.148. The first kappa shape index (κ1) is 14.6. The van der Waals surface area contributed by atoms with Crippen LogP contribution in [0.25, 0.3) is 0 Å². The van der Waals surface area contributed by atoms with Gasteiger partial charge in [-0.25, -0.2) is 0 Å². The molecule has 0 radical (unpaired) electrons. The van der Waals surface area contributed by atoms with E-state index in [1.54, 1.807) is 0 Å². The molecule has 2 aliphatic rings. The molecule has 0 saturated carbocycles. The summed E-state index contributed by atoms with van der Waals surface area (Å²) in [6.45, 7) is 3.77. The van der Waals surface area contributed by atoms with Gasteiger partial charge in [0.1, 0.15) is 0 Å². The Balaban J connectivity index is 2.02. The Bertz CT molecular complexity index is 340. The van der Waals surface area contributed by atoms with Gasteiger partial charge in [-0.15, -0.1) is 0 Å². The third-order valence-corrected chi connectivity index (χ3v) is 4.76. The highest BCUT2D eigenvalue weighted by molar-refractivity contribution is 5.75. The first-order valence-corrected chi connectivity index (χ1v) is 7.82. The van der Waals surface area contributed by atoms with Crippen LogP contribution in [-0.2, 0) is 4.79 Å². The van der Waals surface area contributed by atoms with Gasteiger partial charge in [0.25, 0.3) is 0 Å². The molecular weight excluding hydrogens is 238 g/mol. The van der Waals surface area contributed by atoms with E-state index in [0.717, 1.165) is 32.4 Å². The maximum Gasteiger partial charge on any atom is 0.310 e. The summed E-state index contributed by atoms with van der Waals surface area (Å²) in [7, 11) is 0. The minimum absolute atomic E-state index is 0.471. The molecule has 0 aromatic heterocycles. The Morgan fingerprint density at radius 2 is 2.26 bits per heavy atom. The van der Waals surface area contributed by atoms with Gasteiger partial charge in [0.2, 0.25) is 0 Å². The van der Waals surface area contributed by atoms with Gasteiger partial charge >= 0.3 is 5.97 Å². The number of carbonyl (C=O) groups is 1. The molecule has 0 bridgehead atoms. The van der Waals surface area contributed by atoms with Crippen LogP contribution in [0.2, 0.25) is 0 Å². The van der Waals surface area contributed by atoms with Crippen LogP contribution >= 0.6 is 0 Å². The van der Waals surface area contributed by atoms with Crippen molar-refractivity contribution in [1.29, 1.82) is 0 Å². The molecule has 2 unspecified atom stereocenters. The van der Waals surface area contributed by atoms with Gasteiger partial charge < -0.3 is 5.11 Å². The number of nitrogens with zero attached hydrogens (tertiary/aromatic N) is 1. The van der Waals surface area contributed by atoms with Gasteiger partial charge in [0.05, 0.1) is 5.41 Å². The molecule has 2 rings (SSSR count). The fourth-order valence-corrected chi connectivity index (χ4v) is 3.60. The van der Waals surface area contributed by atoms with Gasteiger partial charge in [0, 0.05) is 12.6 Å². The minimum atomic E-state index is -0.591. The van der Waals surface area contributed by atoms with Gasteiger partial charge in [-0.05, 0) is 38.6 Å². The van der Waals surface area contributed by atoms with Crippen molar-refractivity contribution < 1.29 is 9.90 Å². The maximum absolute atomic E-state index is 11.6. The monoisotopic (exact) mass is 265 g/mol. The summed E-state index contributed by atoms with van der Waals surface area (Å²) >= 11 is 0. The molecule has 0 amide bonds. The fraction of sp³-hybridized carbons (Fsp3) is 0.812. The lowest BCUT2D eigenvalue weighted by atomic mass is 9.82. The van der Waals surface area contributed by atoms with Crippen molar-refractivity contribution in [2.75, 3.05) is 13.1 Å². The second-order valence-electron chi connectivity index (χ2n) is 6.19. The Hall–Kier alpha value is -0.830. The van der Waals surface area contributed by atoms with Gasteiger partial charge in [0.15, 0.2) is 0 Å². The number of aliphatic carboxylic acids is 1. The zero-order valence-corrected chi connectivity index (χ0v) is 12.1. The van der Waals surface area contributed by atoms with Crippen LogP contribution in [0.4, 0.5) is 0 Å². The van der Waals surface area contributed by atoms with Crippen molar-refractivity contribution in [3.05, 3.63) is 12.2 Å². The predicted molar refractivity (Wildman–Crippen MR) is 77.2 cm³/mol. The Morgan fingerprint density at radius 3 is 3.00 bits per heavy atom. The van der Waals surface area contributed by atoms with Crippen LogP contribution in [0.3, 0.4) is 0 Å². The molecule has 1 heterocycles. The van der Waals surface area contributed by atoms with Crippen molar-refractivity contribution >= 4 is 5.97 Å². The first-order chi connectivity index (χ1) is 9.18. The number of allylic oxidation sites excluding steroid dienone is 1. The number of hydrogen-bond donors (Lipinski definition) is 1. The largest absolute Gasteiger partial charge is 0.481 e. The average Bonchev–Trinajstić information content (AvgIpc) is 2.74. The van der Waals surface area contributed by atoms with Gasteiger partial charge in [-0.1, -0.05) is 38.3 Å². The van der Waals surface area contributed by atoms with E-state index >= 15 is 0 Å². The predicted octanol–water partition coefficient (Wildman–Crippen LogP) is 3.45. The van der Waals surface area contributed by atoms with E-state index in [0.29, 0.717) is 6.04 Å². The smallest absolute Gasteiger partial charge is 0.310 e. The third-order valence-electron chi connectivity index (χ3n) is 4.76. The van der Waals surface area contributed by atoms with Crippen molar-refractivity contribution in [2.45, 2.75) is 64.3 Å². The number of carboxylic acids is 1. The first-order valence-electron chi connectivity index (χ1n) is 7.82. The van der Waals surface area contributed by atoms with E-state index in [-0.39, 0.29) is 0 Å². The second-order valence-corrected chi connectivity index (χ2v) is 6.19. The van der Waals surface area contributed by atoms with Crippen LogP contribution in [0.1, 0.15) is 58.3 Å². The SMILES string of the molecule is CCCC1(C(=O)O)CCN(C2/C=C/CCCCC2)C1. The molecule has 1 fully saturated rings. The van der Waals surface area contributed by atoms with E-state index < -0.39 is 11.4 Å². The lowest BCUT2D eigenvalue weighted by Gasteiger charge is -2.29. The summed E-state index contributed by atoms with van der Waals surface area (Å²) in [6, 6.07) is 0.471. The third kappa shape index (κ3) is 3.38. The maximum atomic E-state index is 11.6. The van der Waals surface area contributed by atoms with E-state index in [1.165, 1.54) is 32.1 Å². The quantitative estimate of drug-likeness (QED) is 0.791. The van der Waals surface area contributed by atoms with Gasteiger partial charge in [-0.2, -0.15) is 0 Å². The summed E-state index contributed by atoms with van der Waals surface area (Å²) < 4.78 is 0. The minimum Gasteiger partial charge on any atom is -0.481 e. The molecule has 3 heteroatoms. The molecule has 19 heavy (non-hydrogen) atoms. The standard InChI is InChI=1S/C16H27NO2/c1-2-10-16(15(18)19)11-12-17(13-16)14-8-6-4-3-5-7-9-14/h6,8,14H,2-5,7,9-13H2,1H3,(H,18,19)/b8-6+. The Kier molecular flexibility index (Phi) is 5.03. The normalized spacial score (nSPS) is 34.7. The van der Waals surface area contributed by atoms with Crippen LogP contribution in [0.15, 0.2) is 12.2 Å². The molecule has 1 saturated heterocycles. The molecule has 0 spiro atoms. The fourth-order valence-electron chi connectivity index (χ4n) is 3.60. The molecule has 1 N–H and O–H groups in total. The molecule has 108 valence electrons. The van der Waals surface area contributed by atoms with Gasteiger partial charge in [-0.3, -0.25) is 9.69 Å². The number of rotatable bonds is 4. The number of hydrogen-bond acceptors (Lipinski definition) is 2. The molecule has 1 aliphatic carbocycles. The van der Waals surface area contributed by atoms with Crippen LogP contribution in [0.5, 0.6) is 0 Å². The molecule has 0 aromatic carbocycles. The summed E-state index contributed by atoms with van der Waals surface area (Å²) in [4.78, 5) is 14.0. The zero-order chi connectivity index (χ0) is 13.7. The van der Waals surface area contributed by atoms with Crippen molar-refractivity contribution in [3.8, 4) is 0 Å². The van der Waals surface area contributed by atoms with Crippen LogP contribution in [-0.4, -0.2) is 35.1 Å². The van der Waals surface area contributed by atoms with Crippen LogP contribution < -0.4 is 0 Å². The number of likely N-dealkylation sites (tertiary alicyclic amines) is 1. The number of carboxylic acid groups (broad SMARTS) is 1. The molecule has 0 aromatic rings. The highest BCUT2D eigenvalue weighted by Crippen LogP contribution is 2.37. The molecule has 1 aliphatic heterocycles. The van der Waals surface area contributed by atoms with E-state index in [2.05, 4.69) is 24.0 Å². The highest BCUT2D eigenvalue weighted by Gasteiger charge is 2.45. The molecule has 3 nitrogen and oxygen atoms in total. The topological polar surface area (TPSA) is 40.5 Å². The lowest BCUT2D eigenvalue weighted by Crippen LogP contribution is -2.38. The summed E-state index contributed by atoms with van der Waals surface area (Å²) in [5.74, 6) is -0.591. The Morgan fingerprint density at radius 1 is 1.42 bits per heavy atom. The van der Waals surface area contributed by atoms with Crippen LogP contribution in [0, 0.1) is 5.41 Å². The van der Waals surface area contributed by atoms with E-state index in [4.69, 9.17) is 0 Å². The highest BCUT2D eigenvalue weighted by atomic mass is 16.4. The zero-order valence-electron chi connectivity index (χ0n) is 12.1. The molecule has 2 atom stereocenters. The second kappa shape index (κ2) is 6.56. The summed E-state index contributed by atoms with van der Waals surface area (Å²) in [5.41, 5.74) is -0.481. The Labute approximate surface area is 116 Å².